The van der Waals surface area contributed by atoms with Gasteiger partial charge in [-0.25, -0.2) is 0 Å². The van der Waals surface area contributed by atoms with Gasteiger partial charge < -0.3 is 4.42 Å². The fourth-order valence-electron chi connectivity index (χ4n) is 2.83. The fraction of sp³-hybridized carbons (Fsp3) is 0.0526. The number of carbonyl (C=O) groups is 1. The van der Waals surface area contributed by atoms with Crippen molar-refractivity contribution < 1.29 is 9.21 Å². The van der Waals surface area contributed by atoms with E-state index in [1.54, 1.807) is 12.1 Å². The molecule has 0 aliphatic rings. The number of rotatable bonds is 4. The lowest BCUT2D eigenvalue weighted by atomic mass is 9.99. The molecule has 4 heteroatoms. The second-order valence-electron chi connectivity index (χ2n) is 5.39. The Morgan fingerprint density at radius 2 is 1.87 bits per heavy atom. The van der Waals surface area contributed by atoms with Crippen molar-refractivity contribution in [3.63, 3.8) is 0 Å². The van der Waals surface area contributed by atoms with Crippen molar-refractivity contribution in [3.8, 4) is 11.5 Å². The molecule has 0 spiro atoms. The summed E-state index contributed by atoms with van der Waals surface area (Å²) < 4.78 is 5.54. The van der Waals surface area contributed by atoms with Crippen LogP contribution in [0.3, 0.4) is 0 Å². The number of fused-ring (bicyclic) bond motifs is 1. The molecule has 0 fully saturated rings. The first kappa shape index (κ1) is 13.5. The maximum absolute atomic E-state index is 10.8. The minimum atomic E-state index is 0.302. The largest absolute Gasteiger partial charge is 0.452 e. The third-order valence-corrected chi connectivity index (χ3v) is 3.89. The second-order valence-corrected chi connectivity index (χ2v) is 5.39. The maximum Gasteiger partial charge on any atom is 0.185 e. The van der Waals surface area contributed by atoms with Gasteiger partial charge in [-0.1, -0.05) is 42.5 Å². The quantitative estimate of drug-likeness (QED) is 0.574. The van der Waals surface area contributed by atoms with Gasteiger partial charge in [-0.05, 0) is 35.7 Å². The summed E-state index contributed by atoms with van der Waals surface area (Å²) in [5.41, 5.74) is 4.10. The molecule has 2 aromatic carbocycles. The van der Waals surface area contributed by atoms with Gasteiger partial charge in [0.2, 0.25) is 0 Å². The first-order valence-corrected chi connectivity index (χ1v) is 7.40. The van der Waals surface area contributed by atoms with Crippen LogP contribution in [0.4, 0.5) is 0 Å². The molecule has 0 aliphatic carbocycles. The summed E-state index contributed by atoms with van der Waals surface area (Å²) in [6.45, 7) is 0. The molecule has 0 saturated carbocycles. The van der Waals surface area contributed by atoms with Crippen LogP contribution in [-0.4, -0.2) is 16.5 Å². The third-order valence-electron chi connectivity index (χ3n) is 3.89. The first-order chi connectivity index (χ1) is 11.3. The van der Waals surface area contributed by atoms with E-state index in [9.17, 15) is 4.79 Å². The summed E-state index contributed by atoms with van der Waals surface area (Å²) >= 11 is 0. The molecule has 4 nitrogen and oxygen atoms in total. The zero-order chi connectivity index (χ0) is 15.6. The van der Waals surface area contributed by atoms with Gasteiger partial charge in [0.15, 0.2) is 17.8 Å². The van der Waals surface area contributed by atoms with Crippen LogP contribution in [0.1, 0.15) is 21.7 Å². The first-order valence-electron chi connectivity index (χ1n) is 7.40. The van der Waals surface area contributed by atoms with E-state index < -0.39 is 0 Å². The predicted molar refractivity (Wildman–Crippen MR) is 88.4 cm³/mol. The zero-order valence-electron chi connectivity index (χ0n) is 12.3. The molecule has 0 atom stereocenters. The smallest absolute Gasteiger partial charge is 0.185 e. The van der Waals surface area contributed by atoms with Crippen LogP contribution in [0.5, 0.6) is 0 Å². The topological polar surface area (TPSA) is 58.9 Å². The van der Waals surface area contributed by atoms with Gasteiger partial charge in [-0.15, -0.1) is 0 Å². The van der Waals surface area contributed by atoms with Crippen molar-refractivity contribution in [2.45, 2.75) is 6.42 Å². The summed E-state index contributed by atoms with van der Waals surface area (Å²) in [7, 11) is 0. The predicted octanol–water partition coefficient (Wildman–Crippen LogP) is 4.23. The highest BCUT2D eigenvalue weighted by Gasteiger charge is 2.15. The van der Waals surface area contributed by atoms with Crippen molar-refractivity contribution in [1.82, 2.24) is 10.2 Å². The van der Waals surface area contributed by atoms with E-state index in [-0.39, 0.29) is 0 Å². The number of H-pyrrole nitrogens is 1. The van der Waals surface area contributed by atoms with Gasteiger partial charge in [0.1, 0.15) is 5.69 Å². The molecule has 1 N–H and O–H groups in total. The number of nitrogens with zero attached hydrogens (tertiary/aromatic N) is 1. The Kier molecular flexibility index (Phi) is 3.27. The number of aromatic nitrogens is 2. The number of aldehydes is 1. The highest BCUT2D eigenvalue weighted by molar-refractivity contribution is 5.94. The number of hydrogen-bond donors (Lipinski definition) is 1. The normalized spacial score (nSPS) is 11.0. The summed E-state index contributed by atoms with van der Waals surface area (Å²) in [6.07, 6.45) is 1.51. The van der Waals surface area contributed by atoms with Crippen LogP contribution in [0.2, 0.25) is 0 Å². The number of carbonyl (C=O) groups excluding carboxylic acids is 1. The lowest BCUT2D eigenvalue weighted by molar-refractivity contribution is 0.110. The van der Waals surface area contributed by atoms with E-state index in [1.165, 1.54) is 11.1 Å². The van der Waals surface area contributed by atoms with Crippen LogP contribution >= 0.6 is 0 Å². The van der Waals surface area contributed by atoms with E-state index in [0.717, 1.165) is 23.0 Å². The highest BCUT2D eigenvalue weighted by Crippen LogP contribution is 2.31. The number of aromatic amines is 1. The van der Waals surface area contributed by atoms with Crippen molar-refractivity contribution in [1.29, 1.82) is 0 Å². The van der Waals surface area contributed by atoms with E-state index in [0.29, 0.717) is 17.8 Å². The van der Waals surface area contributed by atoms with Gasteiger partial charge in [0.25, 0.3) is 0 Å². The molecule has 0 aliphatic heterocycles. The average molecular weight is 302 g/mol. The van der Waals surface area contributed by atoms with Crippen molar-refractivity contribution >= 4 is 17.2 Å². The standard InChI is InChI=1S/C19H14N2O2/c22-12-15-9-10-17(23-15)19-18-14(7-4-8-16(18)20-21-19)11-13-5-2-1-3-6-13/h1-10,12H,11H2,(H,20,21). The highest BCUT2D eigenvalue weighted by atomic mass is 16.3. The lowest BCUT2D eigenvalue weighted by Gasteiger charge is -2.05. The van der Waals surface area contributed by atoms with E-state index in [1.807, 2.05) is 30.3 Å². The third kappa shape index (κ3) is 2.44. The molecule has 23 heavy (non-hydrogen) atoms. The number of furan rings is 1. The molecule has 0 saturated heterocycles. The van der Waals surface area contributed by atoms with Crippen molar-refractivity contribution in [2.24, 2.45) is 0 Å². The van der Waals surface area contributed by atoms with E-state index >= 15 is 0 Å². The molecule has 4 rings (SSSR count). The molecular weight excluding hydrogens is 288 g/mol. The molecule has 0 amide bonds. The Morgan fingerprint density at radius 3 is 2.65 bits per heavy atom. The minimum Gasteiger partial charge on any atom is -0.452 e. The Hall–Kier alpha value is -3.14. The van der Waals surface area contributed by atoms with Crippen LogP contribution < -0.4 is 0 Å². The van der Waals surface area contributed by atoms with Crippen LogP contribution in [0, 0.1) is 0 Å². The number of nitrogens with one attached hydrogen (secondary N) is 1. The Bertz CT molecular complexity index is 967. The van der Waals surface area contributed by atoms with E-state index in [4.69, 9.17) is 4.42 Å². The Labute approximate surface area is 132 Å². The lowest BCUT2D eigenvalue weighted by Crippen LogP contribution is -1.89. The fourth-order valence-corrected chi connectivity index (χ4v) is 2.83. The summed E-state index contributed by atoms with van der Waals surface area (Å²) in [5.74, 6) is 0.899. The van der Waals surface area contributed by atoms with Gasteiger partial charge >= 0.3 is 0 Å². The molecule has 0 unspecified atom stereocenters. The van der Waals surface area contributed by atoms with Crippen LogP contribution in [0.25, 0.3) is 22.4 Å². The Balaban J connectivity index is 1.85. The molecule has 2 aromatic heterocycles. The minimum absolute atomic E-state index is 0.302. The van der Waals surface area contributed by atoms with Gasteiger partial charge in [0, 0.05) is 5.39 Å². The molecule has 2 heterocycles. The molecule has 112 valence electrons. The number of hydrogen-bond acceptors (Lipinski definition) is 3. The van der Waals surface area contributed by atoms with Gasteiger partial charge in [-0.2, -0.15) is 5.10 Å². The zero-order valence-corrected chi connectivity index (χ0v) is 12.3. The van der Waals surface area contributed by atoms with Crippen LogP contribution in [0.15, 0.2) is 65.1 Å². The molecule has 0 bridgehead atoms. The molecule has 4 aromatic rings. The van der Waals surface area contributed by atoms with Gasteiger partial charge in [-0.3, -0.25) is 9.89 Å². The SMILES string of the molecule is O=Cc1ccc(-c2n[nH]c3cccc(Cc4ccccc4)c23)o1. The molecule has 0 radical (unpaired) electrons. The second kappa shape index (κ2) is 5.57. The Morgan fingerprint density at radius 1 is 1.00 bits per heavy atom. The van der Waals surface area contributed by atoms with Crippen LogP contribution in [-0.2, 0) is 6.42 Å². The average Bonchev–Trinajstić information content (AvgIpc) is 3.22. The summed E-state index contributed by atoms with van der Waals surface area (Å²) in [4.78, 5) is 10.8. The van der Waals surface area contributed by atoms with Crippen molar-refractivity contribution in [2.75, 3.05) is 0 Å². The maximum atomic E-state index is 10.8. The van der Waals surface area contributed by atoms with Gasteiger partial charge in [0.05, 0.1) is 5.52 Å². The van der Waals surface area contributed by atoms with E-state index in [2.05, 4.69) is 28.4 Å². The van der Waals surface area contributed by atoms with Crippen molar-refractivity contribution in [3.05, 3.63) is 77.6 Å². The monoisotopic (exact) mass is 302 g/mol. The molecular formula is C19H14N2O2. The summed E-state index contributed by atoms with van der Waals surface area (Å²) in [6, 6.07) is 19.8. The summed E-state index contributed by atoms with van der Waals surface area (Å²) in [5, 5.41) is 8.45. The number of benzene rings is 2.